The van der Waals surface area contributed by atoms with Crippen LogP contribution in [-0.4, -0.2) is 19.2 Å². The van der Waals surface area contributed by atoms with E-state index in [4.69, 9.17) is 9.47 Å². The third kappa shape index (κ3) is 2.46. The molecule has 0 fully saturated rings. The van der Waals surface area contributed by atoms with Crippen molar-refractivity contribution >= 4 is 15.9 Å². The van der Waals surface area contributed by atoms with Gasteiger partial charge in [-0.2, -0.15) is 0 Å². The van der Waals surface area contributed by atoms with Crippen LogP contribution in [0.1, 0.15) is 0 Å². The Morgan fingerprint density at radius 3 is 2.33 bits per heavy atom. The lowest BCUT2D eigenvalue weighted by atomic mass is 10.1. The number of hydrogen-bond acceptors (Lipinski definition) is 3. The minimum absolute atomic E-state index is 0.275. The van der Waals surface area contributed by atoms with Crippen LogP contribution in [0.25, 0.3) is 11.1 Å². The zero-order valence-corrected chi connectivity index (χ0v) is 11.5. The van der Waals surface area contributed by atoms with E-state index in [-0.39, 0.29) is 5.82 Å². The van der Waals surface area contributed by atoms with Gasteiger partial charge in [0, 0.05) is 5.56 Å². The van der Waals surface area contributed by atoms with Crippen molar-refractivity contribution in [2.45, 2.75) is 0 Å². The summed E-state index contributed by atoms with van der Waals surface area (Å²) in [5.74, 6) is 0.651. The fourth-order valence-electron chi connectivity index (χ4n) is 1.58. The van der Waals surface area contributed by atoms with Crippen LogP contribution >= 0.6 is 15.9 Å². The highest BCUT2D eigenvalue weighted by Gasteiger charge is 2.12. The molecule has 1 aromatic carbocycles. The standard InChI is InChI=1S/C13H11BrFNO2/c1-17-11-7-10(12(14)16-13(11)18-2)8-3-5-9(15)6-4-8/h3-7H,1-2H3. The molecule has 1 aromatic heterocycles. The summed E-state index contributed by atoms with van der Waals surface area (Å²) in [6.45, 7) is 0. The van der Waals surface area contributed by atoms with Gasteiger partial charge in [0.15, 0.2) is 5.75 Å². The molecule has 2 rings (SSSR count). The number of halogens is 2. The highest BCUT2D eigenvalue weighted by Crippen LogP contribution is 2.35. The predicted octanol–water partition coefficient (Wildman–Crippen LogP) is 3.67. The van der Waals surface area contributed by atoms with E-state index in [1.54, 1.807) is 25.3 Å². The zero-order chi connectivity index (χ0) is 13.1. The minimum Gasteiger partial charge on any atom is -0.491 e. The van der Waals surface area contributed by atoms with Gasteiger partial charge in [-0.3, -0.25) is 0 Å². The quantitative estimate of drug-likeness (QED) is 0.811. The summed E-state index contributed by atoms with van der Waals surface area (Å²) in [6, 6.07) is 7.96. The molecule has 0 aliphatic carbocycles. The largest absolute Gasteiger partial charge is 0.491 e. The van der Waals surface area contributed by atoms with Crippen LogP contribution in [0, 0.1) is 5.82 Å². The zero-order valence-electron chi connectivity index (χ0n) is 9.91. The van der Waals surface area contributed by atoms with Gasteiger partial charge in [0.2, 0.25) is 0 Å². The number of rotatable bonds is 3. The first-order valence-corrected chi connectivity index (χ1v) is 5.99. The summed E-state index contributed by atoms with van der Waals surface area (Å²) >= 11 is 3.37. The predicted molar refractivity (Wildman–Crippen MR) is 70.4 cm³/mol. The first-order valence-electron chi connectivity index (χ1n) is 5.20. The maximum atomic E-state index is 12.9. The number of methoxy groups -OCH3 is 2. The lowest BCUT2D eigenvalue weighted by Crippen LogP contribution is -1.95. The van der Waals surface area contributed by atoms with Gasteiger partial charge in [-0.25, -0.2) is 9.37 Å². The topological polar surface area (TPSA) is 31.4 Å². The lowest BCUT2D eigenvalue weighted by molar-refractivity contribution is 0.342. The van der Waals surface area contributed by atoms with Crippen molar-refractivity contribution in [3.63, 3.8) is 0 Å². The highest BCUT2D eigenvalue weighted by molar-refractivity contribution is 9.10. The SMILES string of the molecule is COc1cc(-c2ccc(F)cc2)c(Br)nc1OC. The molecule has 0 aliphatic heterocycles. The second-order valence-electron chi connectivity index (χ2n) is 3.55. The maximum absolute atomic E-state index is 12.9. The Morgan fingerprint density at radius 2 is 1.78 bits per heavy atom. The van der Waals surface area contributed by atoms with Crippen LogP contribution in [0.4, 0.5) is 4.39 Å². The average molecular weight is 312 g/mol. The molecular weight excluding hydrogens is 301 g/mol. The van der Waals surface area contributed by atoms with Crippen molar-refractivity contribution in [2.75, 3.05) is 14.2 Å². The highest BCUT2D eigenvalue weighted by atomic mass is 79.9. The minimum atomic E-state index is -0.275. The van der Waals surface area contributed by atoms with Gasteiger partial charge in [0.1, 0.15) is 10.4 Å². The van der Waals surface area contributed by atoms with E-state index in [2.05, 4.69) is 20.9 Å². The maximum Gasteiger partial charge on any atom is 0.257 e. The fourth-order valence-corrected chi connectivity index (χ4v) is 2.09. The van der Waals surface area contributed by atoms with Gasteiger partial charge in [0.05, 0.1) is 14.2 Å². The van der Waals surface area contributed by atoms with Gasteiger partial charge in [0.25, 0.3) is 5.88 Å². The summed E-state index contributed by atoms with van der Waals surface area (Å²) < 4.78 is 23.8. The Hall–Kier alpha value is -1.62. The fraction of sp³-hybridized carbons (Fsp3) is 0.154. The average Bonchev–Trinajstić information content (AvgIpc) is 2.39. The molecule has 1 heterocycles. The van der Waals surface area contributed by atoms with E-state index < -0.39 is 0 Å². The second kappa shape index (κ2) is 5.35. The molecule has 2 aromatic rings. The Kier molecular flexibility index (Phi) is 3.81. The van der Waals surface area contributed by atoms with Gasteiger partial charge in [-0.15, -0.1) is 0 Å². The van der Waals surface area contributed by atoms with Crippen molar-refractivity contribution in [3.05, 3.63) is 40.8 Å². The smallest absolute Gasteiger partial charge is 0.257 e. The number of aromatic nitrogens is 1. The molecular formula is C13H11BrFNO2. The Bertz CT molecular complexity index is 558. The van der Waals surface area contributed by atoms with Crippen molar-refractivity contribution in [1.29, 1.82) is 0 Å². The molecule has 0 bridgehead atoms. The van der Waals surface area contributed by atoms with Gasteiger partial charge < -0.3 is 9.47 Å². The normalized spacial score (nSPS) is 10.2. The third-order valence-electron chi connectivity index (χ3n) is 2.48. The van der Waals surface area contributed by atoms with Crippen LogP contribution in [0.15, 0.2) is 34.9 Å². The van der Waals surface area contributed by atoms with Gasteiger partial charge >= 0.3 is 0 Å². The summed E-state index contributed by atoms with van der Waals surface area (Å²) in [5, 5.41) is 0. The second-order valence-corrected chi connectivity index (χ2v) is 4.30. The first kappa shape index (κ1) is 12.8. The molecule has 5 heteroatoms. The number of benzene rings is 1. The molecule has 0 saturated carbocycles. The molecule has 18 heavy (non-hydrogen) atoms. The number of nitrogens with zero attached hydrogens (tertiary/aromatic N) is 1. The first-order chi connectivity index (χ1) is 8.65. The van der Waals surface area contributed by atoms with Crippen LogP contribution in [0.2, 0.25) is 0 Å². The van der Waals surface area contributed by atoms with E-state index in [0.29, 0.717) is 16.2 Å². The van der Waals surface area contributed by atoms with Crippen LogP contribution in [0.5, 0.6) is 11.6 Å². The molecule has 0 radical (unpaired) electrons. The van der Waals surface area contributed by atoms with Crippen molar-refractivity contribution < 1.29 is 13.9 Å². The van der Waals surface area contributed by atoms with Gasteiger partial charge in [-0.1, -0.05) is 12.1 Å². The molecule has 94 valence electrons. The van der Waals surface area contributed by atoms with Crippen LogP contribution in [0.3, 0.4) is 0 Å². The van der Waals surface area contributed by atoms with E-state index in [1.807, 2.05) is 0 Å². The van der Waals surface area contributed by atoms with E-state index in [0.717, 1.165) is 11.1 Å². The van der Waals surface area contributed by atoms with E-state index in [1.165, 1.54) is 19.2 Å². The van der Waals surface area contributed by atoms with Crippen molar-refractivity contribution in [3.8, 4) is 22.8 Å². The number of pyridine rings is 1. The third-order valence-corrected chi connectivity index (χ3v) is 3.08. The number of hydrogen-bond donors (Lipinski definition) is 0. The molecule has 0 atom stereocenters. The van der Waals surface area contributed by atoms with Crippen molar-refractivity contribution in [1.82, 2.24) is 4.98 Å². The molecule has 0 aliphatic rings. The molecule has 0 unspecified atom stereocenters. The van der Waals surface area contributed by atoms with Gasteiger partial charge in [-0.05, 0) is 39.7 Å². The molecule has 0 amide bonds. The van der Waals surface area contributed by atoms with Crippen LogP contribution in [-0.2, 0) is 0 Å². The Morgan fingerprint density at radius 1 is 1.11 bits per heavy atom. The molecule has 0 spiro atoms. The lowest BCUT2D eigenvalue weighted by Gasteiger charge is -2.10. The summed E-state index contributed by atoms with van der Waals surface area (Å²) in [4.78, 5) is 4.24. The summed E-state index contributed by atoms with van der Waals surface area (Å²) in [6.07, 6.45) is 0. The van der Waals surface area contributed by atoms with Crippen LogP contribution < -0.4 is 9.47 Å². The van der Waals surface area contributed by atoms with Crippen molar-refractivity contribution in [2.24, 2.45) is 0 Å². The van der Waals surface area contributed by atoms with E-state index in [9.17, 15) is 4.39 Å². The Balaban J connectivity index is 2.54. The van der Waals surface area contributed by atoms with E-state index >= 15 is 0 Å². The number of ether oxygens (including phenoxy) is 2. The molecule has 3 nitrogen and oxygen atoms in total. The molecule has 0 N–H and O–H groups in total. The summed E-state index contributed by atoms with van der Waals surface area (Å²) in [7, 11) is 3.07. The monoisotopic (exact) mass is 311 g/mol. The summed E-state index contributed by atoms with van der Waals surface area (Å²) in [5.41, 5.74) is 1.66. The Labute approximate surface area is 113 Å². The molecule has 0 saturated heterocycles.